The van der Waals surface area contributed by atoms with Crippen molar-refractivity contribution >= 4 is 23.1 Å². The third-order valence-corrected chi connectivity index (χ3v) is 4.96. The second-order valence-corrected chi connectivity index (χ2v) is 6.25. The average molecular weight is 243 g/mol. The van der Waals surface area contributed by atoms with Crippen molar-refractivity contribution in [2.24, 2.45) is 0 Å². The summed E-state index contributed by atoms with van der Waals surface area (Å²) in [4.78, 5) is 4.54. The van der Waals surface area contributed by atoms with Crippen molar-refractivity contribution in [1.29, 1.82) is 0 Å². The first kappa shape index (κ1) is 11.4. The van der Waals surface area contributed by atoms with E-state index < -0.39 is 0 Å². The van der Waals surface area contributed by atoms with E-state index in [1.165, 1.54) is 30.0 Å². The van der Waals surface area contributed by atoms with Gasteiger partial charge in [-0.15, -0.1) is 11.3 Å². The standard InChI is InChI=1S/C11H17NOS2/c13-5-4-9-8-15-11(12-9)7-10-3-1-2-6-14-10/h8,10,13H,1-7H2. The number of aromatic nitrogens is 1. The van der Waals surface area contributed by atoms with Crippen LogP contribution in [0.2, 0.25) is 0 Å². The van der Waals surface area contributed by atoms with Crippen LogP contribution in [0.25, 0.3) is 0 Å². The first-order chi connectivity index (χ1) is 7.38. The van der Waals surface area contributed by atoms with E-state index in [0.29, 0.717) is 6.42 Å². The third kappa shape index (κ3) is 3.47. The normalized spacial score (nSPS) is 21.8. The Labute approximate surface area is 99.1 Å². The molecular weight excluding hydrogens is 226 g/mol. The Morgan fingerprint density at radius 2 is 2.40 bits per heavy atom. The van der Waals surface area contributed by atoms with Crippen LogP contribution in [0.15, 0.2) is 5.38 Å². The van der Waals surface area contributed by atoms with Gasteiger partial charge in [0, 0.05) is 30.1 Å². The van der Waals surface area contributed by atoms with E-state index in [2.05, 4.69) is 22.1 Å². The highest BCUT2D eigenvalue weighted by Crippen LogP contribution is 2.28. The molecule has 1 aliphatic heterocycles. The fraction of sp³-hybridized carbons (Fsp3) is 0.727. The second kappa shape index (κ2) is 5.87. The maximum absolute atomic E-state index is 8.81. The Morgan fingerprint density at radius 3 is 3.13 bits per heavy atom. The summed E-state index contributed by atoms with van der Waals surface area (Å²) in [5.74, 6) is 1.32. The van der Waals surface area contributed by atoms with Gasteiger partial charge in [0.1, 0.15) is 0 Å². The fourth-order valence-corrected chi connectivity index (χ4v) is 4.16. The quantitative estimate of drug-likeness (QED) is 0.882. The molecule has 84 valence electrons. The number of hydrogen-bond donors (Lipinski definition) is 1. The SMILES string of the molecule is OCCc1csc(CC2CCCCS2)n1. The van der Waals surface area contributed by atoms with Gasteiger partial charge >= 0.3 is 0 Å². The zero-order valence-corrected chi connectivity index (χ0v) is 10.4. The summed E-state index contributed by atoms with van der Waals surface area (Å²) in [6, 6.07) is 0. The lowest BCUT2D eigenvalue weighted by atomic mass is 10.1. The molecule has 0 amide bonds. The zero-order chi connectivity index (χ0) is 10.5. The molecule has 0 spiro atoms. The summed E-state index contributed by atoms with van der Waals surface area (Å²) in [7, 11) is 0. The van der Waals surface area contributed by atoms with E-state index in [9.17, 15) is 0 Å². The van der Waals surface area contributed by atoms with Crippen molar-refractivity contribution in [2.75, 3.05) is 12.4 Å². The molecule has 15 heavy (non-hydrogen) atoms. The molecule has 0 bridgehead atoms. The van der Waals surface area contributed by atoms with Crippen LogP contribution in [0.3, 0.4) is 0 Å². The fourth-order valence-electron chi connectivity index (χ4n) is 1.84. The van der Waals surface area contributed by atoms with Crippen LogP contribution < -0.4 is 0 Å². The Balaban J connectivity index is 1.86. The van der Waals surface area contributed by atoms with Gasteiger partial charge in [-0.2, -0.15) is 11.8 Å². The number of nitrogens with zero attached hydrogens (tertiary/aromatic N) is 1. The molecule has 1 saturated heterocycles. The minimum Gasteiger partial charge on any atom is -0.396 e. The van der Waals surface area contributed by atoms with Gasteiger partial charge in [0.2, 0.25) is 0 Å². The van der Waals surface area contributed by atoms with Crippen LogP contribution in [0, 0.1) is 0 Å². The molecule has 0 aliphatic carbocycles. The first-order valence-electron chi connectivity index (χ1n) is 5.54. The zero-order valence-electron chi connectivity index (χ0n) is 8.82. The molecule has 2 rings (SSSR count). The van der Waals surface area contributed by atoms with E-state index in [1.54, 1.807) is 11.3 Å². The smallest absolute Gasteiger partial charge is 0.0939 e. The van der Waals surface area contributed by atoms with Crippen molar-refractivity contribution in [2.45, 2.75) is 37.4 Å². The van der Waals surface area contributed by atoms with E-state index in [-0.39, 0.29) is 6.61 Å². The monoisotopic (exact) mass is 243 g/mol. The van der Waals surface area contributed by atoms with Crippen LogP contribution in [0.1, 0.15) is 30.0 Å². The Kier molecular flexibility index (Phi) is 4.47. The van der Waals surface area contributed by atoms with Gasteiger partial charge in [-0.25, -0.2) is 4.98 Å². The summed E-state index contributed by atoms with van der Waals surface area (Å²) in [5.41, 5.74) is 1.05. The van der Waals surface area contributed by atoms with Crippen LogP contribution >= 0.6 is 23.1 Å². The minimum atomic E-state index is 0.210. The van der Waals surface area contributed by atoms with Crippen LogP contribution in [0.4, 0.5) is 0 Å². The highest BCUT2D eigenvalue weighted by molar-refractivity contribution is 7.99. The van der Waals surface area contributed by atoms with E-state index in [0.717, 1.165) is 17.4 Å². The molecule has 2 nitrogen and oxygen atoms in total. The molecule has 0 radical (unpaired) electrons. The molecule has 1 fully saturated rings. The average Bonchev–Trinajstić information content (AvgIpc) is 2.68. The summed E-state index contributed by atoms with van der Waals surface area (Å²) in [6.07, 6.45) is 5.94. The Hall–Kier alpha value is -0.0600. The molecule has 1 unspecified atom stereocenters. The molecule has 2 heterocycles. The lowest BCUT2D eigenvalue weighted by Gasteiger charge is -2.19. The summed E-state index contributed by atoms with van der Waals surface area (Å²) in [5, 5.41) is 12.9. The highest BCUT2D eigenvalue weighted by Gasteiger charge is 2.15. The molecule has 1 atom stereocenters. The van der Waals surface area contributed by atoms with Gasteiger partial charge < -0.3 is 5.11 Å². The van der Waals surface area contributed by atoms with Gasteiger partial charge in [0.25, 0.3) is 0 Å². The predicted octanol–water partition coefficient (Wildman–Crippen LogP) is 2.51. The molecule has 1 aliphatic rings. The van der Waals surface area contributed by atoms with Crippen molar-refractivity contribution < 1.29 is 5.11 Å². The number of rotatable bonds is 4. The predicted molar refractivity (Wildman–Crippen MR) is 66.7 cm³/mol. The lowest BCUT2D eigenvalue weighted by Crippen LogP contribution is -2.12. The molecular formula is C11H17NOS2. The summed E-state index contributed by atoms with van der Waals surface area (Å²) < 4.78 is 0. The largest absolute Gasteiger partial charge is 0.396 e. The van der Waals surface area contributed by atoms with Gasteiger partial charge in [-0.05, 0) is 18.6 Å². The number of thiazole rings is 1. The third-order valence-electron chi connectivity index (χ3n) is 2.64. The van der Waals surface area contributed by atoms with Gasteiger partial charge in [-0.3, -0.25) is 0 Å². The van der Waals surface area contributed by atoms with Crippen molar-refractivity contribution in [3.63, 3.8) is 0 Å². The maximum Gasteiger partial charge on any atom is 0.0939 e. The van der Waals surface area contributed by atoms with Crippen molar-refractivity contribution in [1.82, 2.24) is 4.98 Å². The number of hydrogen-bond acceptors (Lipinski definition) is 4. The Bertz CT molecular complexity index is 295. The van der Waals surface area contributed by atoms with Crippen molar-refractivity contribution in [3.05, 3.63) is 16.1 Å². The second-order valence-electron chi connectivity index (χ2n) is 3.90. The maximum atomic E-state index is 8.81. The number of aliphatic hydroxyl groups is 1. The highest BCUT2D eigenvalue weighted by atomic mass is 32.2. The molecule has 0 aromatic carbocycles. The van der Waals surface area contributed by atoms with Gasteiger partial charge in [0.15, 0.2) is 0 Å². The molecule has 4 heteroatoms. The van der Waals surface area contributed by atoms with Crippen molar-refractivity contribution in [3.8, 4) is 0 Å². The van der Waals surface area contributed by atoms with Gasteiger partial charge in [0.05, 0.1) is 10.7 Å². The summed E-state index contributed by atoms with van der Waals surface area (Å²) >= 11 is 3.85. The van der Waals surface area contributed by atoms with Gasteiger partial charge in [-0.1, -0.05) is 6.42 Å². The minimum absolute atomic E-state index is 0.210. The number of thioether (sulfide) groups is 1. The van der Waals surface area contributed by atoms with E-state index >= 15 is 0 Å². The van der Waals surface area contributed by atoms with E-state index in [1.807, 2.05) is 0 Å². The lowest BCUT2D eigenvalue weighted by molar-refractivity contribution is 0.298. The van der Waals surface area contributed by atoms with Crippen LogP contribution in [-0.4, -0.2) is 27.7 Å². The topological polar surface area (TPSA) is 33.1 Å². The van der Waals surface area contributed by atoms with Crippen LogP contribution in [-0.2, 0) is 12.8 Å². The van der Waals surface area contributed by atoms with Crippen LogP contribution in [0.5, 0.6) is 0 Å². The Morgan fingerprint density at radius 1 is 1.47 bits per heavy atom. The molecule has 0 saturated carbocycles. The summed E-state index contributed by atoms with van der Waals surface area (Å²) in [6.45, 7) is 0.210. The first-order valence-corrected chi connectivity index (χ1v) is 7.47. The van der Waals surface area contributed by atoms with E-state index in [4.69, 9.17) is 5.11 Å². The molecule has 1 N–H and O–H groups in total. The molecule has 1 aromatic heterocycles. The molecule has 1 aromatic rings. The number of aliphatic hydroxyl groups excluding tert-OH is 1.